The van der Waals surface area contributed by atoms with E-state index < -0.39 is 0 Å². The normalized spacial score (nSPS) is 11.6. The minimum atomic E-state index is 1.09. The average Bonchev–Trinajstić information content (AvgIpc) is 3.41. The van der Waals surface area contributed by atoms with Gasteiger partial charge in [-0.15, -0.1) is 0 Å². The van der Waals surface area contributed by atoms with E-state index in [2.05, 4.69) is 266 Å². The first-order chi connectivity index (χ1) is 33.2. The topological polar surface area (TPSA) is 3.24 Å². The molecule has 13 aromatic carbocycles. The summed E-state index contributed by atoms with van der Waals surface area (Å²) in [6, 6.07) is 95.9. The van der Waals surface area contributed by atoms with Crippen molar-refractivity contribution in [2.75, 3.05) is 4.90 Å². The van der Waals surface area contributed by atoms with E-state index in [1.807, 2.05) is 0 Å². The van der Waals surface area contributed by atoms with Crippen LogP contribution in [0, 0.1) is 0 Å². The van der Waals surface area contributed by atoms with Crippen LogP contribution < -0.4 is 4.90 Å². The number of hydrogen-bond donors (Lipinski definition) is 0. The maximum Gasteiger partial charge on any atom is 0.0468 e. The Morgan fingerprint density at radius 3 is 1.39 bits per heavy atom. The third kappa shape index (κ3) is 6.63. The molecule has 0 spiro atoms. The molecule has 0 aromatic heterocycles. The van der Waals surface area contributed by atoms with E-state index in [-0.39, 0.29) is 0 Å². The molecule has 13 aromatic rings. The molecule has 0 unspecified atom stereocenters. The number of nitrogens with zero attached hydrogens (tertiary/aromatic N) is 1. The summed E-state index contributed by atoms with van der Waals surface area (Å²) in [5, 5.41) is 15.0. The van der Waals surface area contributed by atoms with Gasteiger partial charge in [-0.25, -0.2) is 0 Å². The molecule has 0 radical (unpaired) electrons. The van der Waals surface area contributed by atoms with Crippen molar-refractivity contribution in [2.24, 2.45) is 0 Å². The van der Waals surface area contributed by atoms with Crippen molar-refractivity contribution in [3.8, 4) is 44.5 Å². The van der Waals surface area contributed by atoms with Gasteiger partial charge in [-0.05, 0) is 152 Å². The van der Waals surface area contributed by atoms with Crippen molar-refractivity contribution < 1.29 is 0 Å². The summed E-state index contributed by atoms with van der Waals surface area (Å²) in [7, 11) is 0. The summed E-state index contributed by atoms with van der Waals surface area (Å²) in [4.78, 5) is 2.41. The van der Waals surface area contributed by atoms with Crippen LogP contribution in [0.4, 0.5) is 17.1 Å². The molecule has 0 aliphatic rings. The Balaban J connectivity index is 0.982. The van der Waals surface area contributed by atoms with Gasteiger partial charge in [0.1, 0.15) is 0 Å². The third-order valence-corrected chi connectivity index (χ3v) is 13.8. The quantitative estimate of drug-likeness (QED) is 0.144. The first-order valence-electron chi connectivity index (χ1n) is 23.2. The highest BCUT2D eigenvalue weighted by Crippen LogP contribution is 2.46. The molecule has 13 rings (SSSR count). The molecule has 0 fully saturated rings. The molecule has 312 valence electrons. The smallest absolute Gasteiger partial charge is 0.0468 e. The van der Waals surface area contributed by atoms with Crippen LogP contribution in [-0.4, -0.2) is 0 Å². The fraction of sp³-hybridized carbons (Fsp3) is 0. The maximum absolute atomic E-state index is 2.42. The average molecular weight is 850 g/mol. The highest BCUT2D eigenvalue weighted by molar-refractivity contribution is 6.22. The van der Waals surface area contributed by atoms with Gasteiger partial charge in [-0.1, -0.05) is 218 Å². The molecule has 1 heteroatoms. The van der Waals surface area contributed by atoms with E-state index in [0.29, 0.717) is 0 Å². The fourth-order valence-electron chi connectivity index (χ4n) is 10.7. The Bertz CT molecular complexity index is 4020. The second-order valence-electron chi connectivity index (χ2n) is 17.6. The summed E-state index contributed by atoms with van der Waals surface area (Å²) < 4.78 is 0. The van der Waals surface area contributed by atoms with Crippen molar-refractivity contribution in [3.63, 3.8) is 0 Å². The van der Waals surface area contributed by atoms with E-state index in [9.17, 15) is 0 Å². The minimum Gasteiger partial charge on any atom is -0.310 e. The van der Waals surface area contributed by atoms with Crippen molar-refractivity contribution >= 4 is 81.7 Å². The Hall–Kier alpha value is -8.78. The highest BCUT2D eigenvalue weighted by atomic mass is 15.1. The summed E-state index contributed by atoms with van der Waals surface area (Å²) in [5.74, 6) is 0. The van der Waals surface area contributed by atoms with E-state index >= 15 is 0 Å². The van der Waals surface area contributed by atoms with Gasteiger partial charge in [0.25, 0.3) is 0 Å². The zero-order chi connectivity index (χ0) is 44.3. The zero-order valence-corrected chi connectivity index (χ0v) is 36.8. The monoisotopic (exact) mass is 849 g/mol. The third-order valence-electron chi connectivity index (χ3n) is 13.8. The Labute approximate surface area is 390 Å². The molecule has 0 atom stereocenters. The molecule has 0 bridgehead atoms. The van der Waals surface area contributed by atoms with Gasteiger partial charge in [-0.3, -0.25) is 0 Å². The van der Waals surface area contributed by atoms with Crippen LogP contribution in [0.5, 0.6) is 0 Å². The molecule has 0 aliphatic carbocycles. The molecule has 1 nitrogen and oxygen atoms in total. The zero-order valence-electron chi connectivity index (χ0n) is 36.8. The molecule has 0 saturated carbocycles. The Kier molecular flexibility index (Phi) is 9.25. The number of hydrogen-bond acceptors (Lipinski definition) is 1. The minimum absolute atomic E-state index is 1.09. The second-order valence-corrected chi connectivity index (χ2v) is 17.6. The van der Waals surface area contributed by atoms with Gasteiger partial charge in [0.2, 0.25) is 0 Å². The highest BCUT2D eigenvalue weighted by Gasteiger charge is 2.20. The molecular weight excluding hydrogens is 807 g/mol. The van der Waals surface area contributed by atoms with Gasteiger partial charge >= 0.3 is 0 Å². The molecule has 0 N–H and O–H groups in total. The van der Waals surface area contributed by atoms with Crippen molar-refractivity contribution in [2.45, 2.75) is 0 Å². The lowest BCUT2D eigenvalue weighted by Crippen LogP contribution is -2.10. The number of anilines is 3. The van der Waals surface area contributed by atoms with E-state index in [1.165, 1.54) is 104 Å². The summed E-state index contributed by atoms with van der Waals surface area (Å²) in [5.41, 5.74) is 13.0. The standard InChI is InChI=1S/C66H43N/c1-3-17-47(18-4-1)65-63-26-12-11-25-60(63)62-39-34-50(43-64(62)66(65)48-19-5-2-6-20-48)49-21-13-22-53(41-49)67(54-37-40-58-51(42-54)30-29-44-15-7-9-23-55(44)58)52-35-31-46(32-36-52)57-27-14-28-59-56-24-10-8-16-45(56)33-38-61(57)59/h1-43H. The first kappa shape index (κ1) is 38.7. The molecule has 0 aliphatic heterocycles. The largest absolute Gasteiger partial charge is 0.310 e. The predicted octanol–water partition coefficient (Wildman–Crippen LogP) is 18.7. The van der Waals surface area contributed by atoms with Crippen LogP contribution >= 0.6 is 0 Å². The van der Waals surface area contributed by atoms with Gasteiger partial charge in [0.15, 0.2) is 0 Å². The summed E-state index contributed by atoms with van der Waals surface area (Å²) >= 11 is 0. The van der Waals surface area contributed by atoms with Gasteiger partial charge in [0, 0.05) is 17.1 Å². The molecule has 0 saturated heterocycles. The molecule has 0 amide bonds. The molecular formula is C66H43N. The van der Waals surface area contributed by atoms with Gasteiger partial charge in [0.05, 0.1) is 0 Å². The summed E-state index contributed by atoms with van der Waals surface area (Å²) in [6.07, 6.45) is 0. The summed E-state index contributed by atoms with van der Waals surface area (Å²) in [6.45, 7) is 0. The fourth-order valence-corrected chi connectivity index (χ4v) is 10.7. The first-order valence-corrected chi connectivity index (χ1v) is 23.2. The van der Waals surface area contributed by atoms with Crippen LogP contribution in [0.2, 0.25) is 0 Å². The van der Waals surface area contributed by atoms with Crippen molar-refractivity contribution in [1.82, 2.24) is 0 Å². The second kappa shape index (κ2) is 16.0. The Morgan fingerprint density at radius 1 is 0.194 bits per heavy atom. The van der Waals surface area contributed by atoms with E-state index in [4.69, 9.17) is 0 Å². The van der Waals surface area contributed by atoms with E-state index in [0.717, 1.165) is 22.6 Å². The maximum atomic E-state index is 2.42. The van der Waals surface area contributed by atoms with Crippen LogP contribution in [0.25, 0.3) is 109 Å². The van der Waals surface area contributed by atoms with Crippen LogP contribution in [0.15, 0.2) is 261 Å². The van der Waals surface area contributed by atoms with Crippen LogP contribution in [0.1, 0.15) is 0 Å². The molecule has 67 heavy (non-hydrogen) atoms. The van der Waals surface area contributed by atoms with Crippen molar-refractivity contribution in [1.29, 1.82) is 0 Å². The SMILES string of the molecule is c1ccc(-c2c(-c3ccccc3)c3cc(-c4cccc(N(c5ccc(-c6cccc7c6ccc6ccccc67)cc5)c5ccc6c(ccc7ccccc76)c5)c4)ccc3c3ccccc23)cc1. The van der Waals surface area contributed by atoms with Crippen LogP contribution in [0.3, 0.4) is 0 Å². The Morgan fingerprint density at radius 2 is 0.642 bits per heavy atom. The lowest BCUT2D eigenvalue weighted by atomic mass is 9.84. The van der Waals surface area contributed by atoms with Crippen molar-refractivity contribution in [3.05, 3.63) is 261 Å². The number of fused-ring (bicyclic) bond motifs is 9. The lowest BCUT2D eigenvalue weighted by Gasteiger charge is -2.27. The molecule has 0 heterocycles. The van der Waals surface area contributed by atoms with Crippen LogP contribution in [-0.2, 0) is 0 Å². The lowest BCUT2D eigenvalue weighted by molar-refractivity contribution is 1.29. The van der Waals surface area contributed by atoms with Gasteiger partial charge < -0.3 is 4.90 Å². The van der Waals surface area contributed by atoms with Gasteiger partial charge in [-0.2, -0.15) is 0 Å². The number of benzene rings is 13. The number of rotatable bonds is 7. The predicted molar refractivity (Wildman–Crippen MR) is 288 cm³/mol. The van der Waals surface area contributed by atoms with E-state index in [1.54, 1.807) is 0 Å².